The Morgan fingerprint density at radius 3 is 2.45 bits per heavy atom. The zero-order chi connectivity index (χ0) is 20.2. The lowest BCUT2D eigenvalue weighted by Gasteiger charge is -2.35. The van der Waals surface area contributed by atoms with Gasteiger partial charge in [-0.05, 0) is 45.2 Å². The number of aromatic nitrogens is 3. The fourth-order valence-corrected chi connectivity index (χ4v) is 4.91. The molecule has 8 heteroatoms. The zero-order valence-electron chi connectivity index (χ0n) is 17.2. The second-order valence-electron chi connectivity index (χ2n) is 7.85. The van der Waals surface area contributed by atoms with Crippen LogP contribution in [0, 0.1) is 0 Å². The normalized spacial score (nSPS) is 22.7. The predicted octanol–water partition coefficient (Wildman–Crippen LogP) is 2.99. The van der Waals surface area contributed by atoms with E-state index in [1.807, 2.05) is 36.9 Å². The Morgan fingerprint density at radius 1 is 1.07 bits per heavy atom. The van der Waals surface area contributed by atoms with Gasteiger partial charge in [0.15, 0.2) is 5.16 Å². The van der Waals surface area contributed by atoms with Gasteiger partial charge in [-0.15, -0.1) is 10.2 Å². The van der Waals surface area contributed by atoms with Gasteiger partial charge in [-0.1, -0.05) is 30.0 Å². The Kier molecular flexibility index (Phi) is 6.40. The summed E-state index contributed by atoms with van der Waals surface area (Å²) in [6.07, 6.45) is 3.77. The van der Waals surface area contributed by atoms with Gasteiger partial charge in [-0.3, -0.25) is 9.36 Å². The van der Waals surface area contributed by atoms with Crippen LogP contribution in [0.2, 0.25) is 0 Å². The molecule has 2 atom stereocenters. The topological polar surface area (TPSA) is 63.5 Å². The number of hydrogen-bond acceptors (Lipinski definition) is 6. The van der Waals surface area contributed by atoms with Gasteiger partial charge in [-0.25, -0.2) is 0 Å². The van der Waals surface area contributed by atoms with Crippen LogP contribution in [0.3, 0.4) is 0 Å². The maximum atomic E-state index is 12.8. The fourth-order valence-electron chi connectivity index (χ4n) is 4.06. The van der Waals surface area contributed by atoms with Gasteiger partial charge in [-0.2, -0.15) is 0 Å². The van der Waals surface area contributed by atoms with Gasteiger partial charge in [0.25, 0.3) is 0 Å². The van der Waals surface area contributed by atoms with Crippen LogP contribution in [0.5, 0.6) is 0 Å². The third kappa shape index (κ3) is 4.75. The maximum absolute atomic E-state index is 12.8. The second-order valence-corrected chi connectivity index (χ2v) is 8.79. The summed E-state index contributed by atoms with van der Waals surface area (Å²) in [6.45, 7) is 7.32. The lowest BCUT2D eigenvalue weighted by molar-refractivity contribution is -0.140. The quantitative estimate of drug-likeness (QED) is 0.700. The van der Waals surface area contributed by atoms with Crippen molar-refractivity contribution in [1.29, 1.82) is 0 Å². The van der Waals surface area contributed by atoms with Gasteiger partial charge in [0.1, 0.15) is 0 Å². The molecule has 1 aromatic carbocycles. The number of rotatable bonds is 5. The summed E-state index contributed by atoms with van der Waals surface area (Å²) < 4.78 is 7.84. The minimum absolute atomic E-state index is 0.0753. The van der Waals surface area contributed by atoms with Crippen LogP contribution in [-0.4, -0.2) is 69.7 Å². The Balaban J connectivity index is 1.52. The standard InChI is InChI=1S/C21H29N5O2S/c1-16-13-25(14-17(2)28-16)19(27)15-29-21-23-22-20(24-11-7-4-8-12-24)26(21)18-9-5-3-6-10-18/h3,5-6,9-10,16-17H,4,7-8,11-15H2,1-2H3/t16-,17-/m0/s1. The Labute approximate surface area is 176 Å². The average molecular weight is 416 g/mol. The van der Waals surface area contributed by atoms with E-state index in [1.54, 1.807) is 0 Å². The minimum Gasteiger partial charge on any atom is -0.372 e. The van der Waals surface area contributed by atoms with Crippen molar-refractivity contribution in [2.24, 2.45) is 0 Å². The predicted molar refractivity (Wildman–Crippen MR) is 115 cm³/mol. The summed E-state index contributed by atoms with van der Waals surface area (Å²) in [6, 6.07) is 10.2. The molecule has 0 unspecified atom stereocenters. The van der Waals surface area contributed by atoms with Crippen LogP contribution < -0.4 is 4.90 Å². The Morgan fingerprint density at radius 2 is 1.76 bits per heavy atom. The van der Waals surface area contributed by atoms with E-state index in [4.69, 9.17) is 4.74 Å². The number of thioether (sulfide) groups is 1. The highest BCUT2D eigenvalue weighted by Crippen LogP contribution is 2.28. The SMILES string of the molecule is C[C@H]1CN(C(=O)CSc2nnc(N3CCCCC3)n2-c2ccccc2)C[C@H](C)O1. The lowest BCUT2D eigenvalue weighted by atomic mass is 10.1. The molecule has 2 fully saturated rings. The molecule has 2 aliphatic rings. The molecule has 3 heterocycles. The maximum Gasteiger partial charge on any atom is 0.233 e. The van der Waals surface area contributed by atoms with Crippen molar-refractivity contribution in [3.05, 3.63) is 30.3 Å². The number of para-hydroxylation sites is 1. The molecule has 4 rings (SSSR count). The molecule has 0 saturated carbocycles. The molecule has 1 amide bonds. The number of nitrogens with zero attached hydrogens (tertiary/aromatic N) is 5. The molecular weight excluding hydrogens is 386 g/mol. The van der Waals surface area contributed by atoms with Crippen molar-refractivity contribution in [3.63, 3.8) is 0 Å². The van der Waals surface area contributed by atoms with Crippen LogP contribution in [0.4, 0.5) is 5.95 Å². The first kappa shape index (κ1) is 20.2. The summed E-state index contributed by atoms with van der Waals surface area (Å²) in [5.41, 5.74) is 1.03. The largest absolute Gasteiger partial charge is 0.372 e. The van der Waals surface area contributed by atoms with Crippen molar-refractivity contribution in [2.75, 3.05) is 36.8 Å². The van der Waals surface area contributed by atoms with Gasteiger partial charge >= 0.3 is 0 Å². The van der Waals surface area contributed by atoms with Crippen molar-refractivity contribution < 1.29 is 9.53 Å². The number of piperidine rings is 1. The summed E-state index contributed by atoms with van der Waals surface area (Å²) in [7, 11) is 0. The Bertz CT molecular complexity index is 812. The first-order chi connectivity index (χ1) is 14.1. The molecule has 2 aliphatic heterocycles. The first-order valence-electron chi connectivity index (χ1n) is 10.4. The number of ether oxygens (including phenoxy) is 1. The highest BCUT2D eigenvalue weighted by molar-refractivity contribution is 7.99. The van der Waals surface area contributed by atoms with E-state index >= 15 is 0 Å². The van der Waals surface area contributed by atoms with E-state index in [2.05, 4.69) is 31.8 Å². The smallest absolute Gasteiger partial charge is 0.233 e. The van der Waals surface area contributed by atoms with Gasteiger partial charge in [0.05, 0.1) is 23.6 Å². The van der Waals surface area contributed by atoms with Crippen molar-refractivity contribution in [2.45, 2.75) is 50.5 Å². The van der Waals surface area contributed by atoms with Crippen LogP contribution in [0.1, 0.15) is 33.1 Å². The summed E-state index contributed by atoms with van der Waals surface area (Å²) in [4.78, 5) is 17.0. The fraction of sp³-hybridized carbons (Fsp3) is 0.571. The summed E-state index contributed by atoms with van der Waals surface area (Å²) in [5, 5.41) is 9.72. The van der Waals surface area contributed by atoms with E-state index in [0.717, 1.165) is 29.9 Å². The molecule has 0 spiro atoms. The molecule has 1 aromatic heterocycles. The molecule has 0 N–H and O–H groups in total. The number of carbonyl (C=O) groups excluding carboxylic acids is 1. The molecule has 7 nitrogen and oxygen atoms in total. The van der Waals surface area contributed by atoms with E-state index < -0.39 is 0 Å². The van der Waals surface area contributed by atoms with Gasteiger partial charge < -0.3 is 14.5 Å². The Hall–Kier alpha value is -2.06. The monoisotopic (exact) mass is 415 g/mol. The van der Waals surface area contributed by atoms with Gasteiger partial charge in [0, 0.05) is 26.2 Å². The third-order valence-corrected chi connectivity index (χ3v) is 6.28. The van der Waals surface area contributed by atoms with E-state index in [0.29, 0.717) is 18.8 Å². The number of benzene rings is 1. The number of amides is 1. The molecule has 0 bridgehead atoms. The highest BCUT2D eigenvalue weighted by atomic mass is 32.2. The van der Waals surface area contributed by atoms with Crippen LogP contribution >= 0.6 is 11.8 Å². The molecule has 156 valence electrons. The molecule has 2 saturated heterocycles. The van der Waals surface area contributed by atoms with Crippen LogP contribution in [0.25, 0.3) is 5.69 Å². The van der Waals surface area contributed by atoms with Crippen molar-refractivity contribution in [3.8, 4) is 5.69 Å². The average Bonchev–Trinajstić information content (AvgIpc) is 3.16. The first-order valence-corrected chi connectivity index (χ1v) is 11.4. The second kappa shape index (κ2) is 9.17. The van der Waals surface area contributed by atoms with Crippen molar-refractivity contribution in [1.82, 2.24) is 19.7 Å². The zero-order valence-corrected chi connectivity index (χ0v) is 18.0. The number of morpholine rings is 1. The number of carbonyl (C=O) groups is 1. The number of hydrogen-bond donors (Lipinski definition) is 0. The molecule has 0 radical (unpaired) electrons. The molecule has 2 aromatic rings. The van der Waals surface area contributed by atoms with Crippen molar-refractivity contribution >= 4 is 23.6 Å². The van der Waals surface area contributed by atoms with Crippen LogP contribution in [-0.2, 0) is 9.53 Å². The number of anilines is 1. The molecule has 0 aliphatic carbocycles. The summed E-state index contributed by atoms with van der Waals surface area (Å²) in [5.74, 6) is 1.35. The third-order valence-electron chi connectivity index (χ3n) is 5.37. The van der Waals surface area contributed by atoms with Crippen LogP contribution in [0.15, 0.2) is 35.5 Å². The minimum atomic E-state index is 0.0753. The van der Waals surface area contributed by atoms with E-state index in [1.165, 1.54) is 31.0 Å². The molecule has 29 heavy (non-hydrogen) atoms. The van der Waals surface area contributed by atoms with E-state index in [-0.39, 0.29) is 18.1 Å². The molecular formula is C21H29N5O2S. The van der Waals surface area contributed by atoms with Gasteiger partial charge in [0.2, 0.25) is 11.9 Å². The summed E-state index contributed by atoms with van der Waals surface area (Å²) >= 11 is 1.46. The highest BCUT2D eigenvalue weighted by Gasteiger charge is 2.27. The lowest BCUT2D eigenvalue weighted by Crippen LogP contribution is -2.48. The van der Waals surface area contributed by atoms with E-state index in [9.17, 15) is 4.79 Å².